The number of nitrogens with zero attached hydrogens (tertiary/aromatic N) is 3. The number of hydrogen-bond donors (Lipinski definition) is 6. The first-order valence-corrected chi connectivity index (χ1v) is 10.8. The predicted octanol–water partition coefficient (Wildman–Crippen LogP) is 0.0389. The molecule has 1 saturated heterocycles. The molecule has 15 heteroatoms. The second-order valence-electron chi connectivity index (χ2n) is 6.86. The van der Waals surface area contributed by atoms with Crippen molar-refractivity contribution in [1.82, 2.24) is 19.9 Å². The Morgan fingerprint density at radius 1 is 1.22 bits per heavy atom. The minimum atomic E-state index is -4.78. The molecule has 32 heavy (non-hydrogen) atoms. The quantitative estimate of drug-likeness (QED) is 0.242. The van der Waals surface area contributed by atoms with Gasteiger partial charge in [0.05, 0.1) is 12.9 Å². The highest BCUT2D eigenvalue weighted by molar-refractivity contribution is 7.46. The number of aromatic nitrogens is 4. The number of H-pyrrole nitrogens is 1. The van der Waals surface area contributed by atoms with E-state index in [1.165, 1.54) is 24.8 Å². The van der Waals surface area contributed by atoms with Gasteiger partial charge in [-0.3, -0.25) is 4.52 Å². The number of imidazole rings is 1. The molecule has 6 N–H and O–H groups in total. The normalized spacial score (nSPS) is 23.5. The van der Waals surface area contributed by atoms with Gasteiger partial charge in [-0.25, -0.2) is 23.9 Å². The smallest absolute Gasteiger partial charge is 0.462 e. The van der Waals surface area contributed by atoms with Gasteiger partial charge in [-0.2, -0.15) is 0 Å². The van der Waals surface area contributed by atoms with Crippen LogP contribution in [0, 0.1) is 5.82 Å². The fourth-order valence-corrected chi connectivity index (χ4v) is 3.42. The van der Waals surface area contributed by atoms with Crippen molar-refractivity contribution in [3.05, 3.63) is 42.2 Å². The van der Waals surface area contributed by atoms with E-state index in [1.807, 2.05) is 0 Å². The number of phosphoric ester groups is 1. The van der Waals surface area contributed by atoms with Gasteiger partial charge in [-0.15, -0.1) is 0 Å². The van der Waals surface area contributed by atoms with E-state index in [2.05, 4.69) is 29.8 Å². The Labute approximate surface area is 179 Å². The van der Waals surface area contributed by atoms with E-state index in [0.29, 0.717) is 22.5 Å². The molecule has 0 amide bonds. The van der Waals surface area contributed by atoms with Crippen molar-refractivity contribution in [2.75, 3.05) is 11.9 Å². The molecule has 0 spiro atoms. The van der Waals surface area contributed by atoms with Gasteiger partial charge in [-0.05, 0) is 6.07 Å². The molecule has 4 atom stereocenters. The number of phosphoric acid groups is 1. The standard InChI is InChI=1S/C17H19FN5O8P/c18-10-3-9(30-17-14(25)13(24)11(31-17)5-29-32(26,27)28)2-1-8(10)4-19-15-12-16(21-6-20-12)23-7-22-15/h1-3,6-7,11,13-14,17,24-25H,4-5H2,(H2,26,27,28)(H2,19,20,21,22,23)/t11-,13-,14-,17?/m1/s1. The molecule has 4 rings (SSSR count). The third kappa shape index (κ3) is 5.02. The van der Waals surface area contributed by atoms with Crippen molar-refractivity contribution in [2.24, 2.45) is 0 Å². The third-order valence-electron chi connectivity index (χ3n) is 4.67. The number of aliphatic hydroxyl groups excluding tert-OH is 2. The first kappa shape index (κ1) is 22.5. The fraction of sp³-hybridized carbons (Fsp3) is 0.353. The number of anilines is 1. The number of halogens is 1. The summed E-state index contributed by atoms with van der Waals surface area (Å²) in [6.07, 6.45) is -2.91. The minimum Gasteiger partial charge on any atom is -0.462 e. The zero-order chi connectivity index (χ0) is 22.9. The molecule has 0 saturated carbocycles. The zero-order valence-corrected chi connectivity index (χ0v) is 17.1. The summed E-state index contributed by atoms with van der Waals surface area (Å²) >= 11 is 0. The van der Waals surface area contributed by atoms with Crippen LogP contribution in [-0.2, 0) is 20.4 Å². The number of rotatable bonds is 8. The lowest BCUT2D eigenvalue weighted by Gasteiger charge is -2.17. The summed E-state index contributed by atoms with van der Waals surface area (Å²) < 4.78 is 40.3. The second kappa shape index (κ2) is 9.03. The molecule has 172 valence electrons. The first-order chi connectivity index (χ1) is 15.2. The van der Waals surface area contributed by atoms with Gasteiger partial charge >= 0.3 is 7.82 Å². The maximum atomic E-state index is 14.6. The van der Waals surface area contributed by atoms with Crippen LogP contribution in [-0.4, -0.2) is 71.1 Å². The molecule has 3 aromatic rings. The van der Waals surface area contributed by atoms with Crippen molar-refractivity contribution in [2.45, 2.75) is 31.1 Å². The fourth-order valence-electron chi connectivity index (χ4n) is 3.08. The van der Waals surface area contributed by atoms with E-state index in [-0.39, 0.29) is 12.3 Å². The SMILES string of the molecule is O=P(O)(O)OC[C@H]1OC(Oc2ccc(CNc3ncnc4nc[nH]c34)c(F)c2)[C@H](O)[C@@H]1O. The van der Waals surface area contributed by atoms with E-state index in [1.54, 1.807) is 0 Å². The maximum absolute atomic E-state index is 14.6. The Balaban J connectivity index is 1.38. The summed E-state index contributed by atoms with van der Waals surface area (Å²) in [5.41, 5.74) is 1.34. The van der Waals surface area contributed by atoms with Crippen LogP contribution < -0.4 is 10.1 Å². The number of fused-ring (bicyclic) bond motifs is 1. The molecule has 1 aliphatic rings. The number of ether oxygens (including phenoxy) is 2. The van der Waals surface area contributed by atoms with Gasteiger partial charge in [0.1, 0.15) is 41.7 Å². The van der Waals surface area contributed by atoms with Gasteiger partial charge < -0.3 is 39.8 Å². The molecule has 1 fully saturated rings. The molecule has 0 radical (unpaired) electrons. The Bertz CT molecular complexity index is 1140. The summed E-state index contributed by atoms with van der Waals surface area (Å²) in [5.74, 6) is -0.149. The van der Waals surface area contributed by atoms with E-state index in [0.717, 1.165) is 6.07 Å². The van der Waals surface area contributed by atoms with Gasteiger partial charge in [0.25, 0.3) is 0 Å². The highest BCUT2D eigenvalue weighted by atomic mass is 31.2. The average molecular weight is 471 g/mol. The molecule has 2 aromatic heterocycles. The van der Waals surface area contributed by atoms with Gasteiger partial charge in [0.15, 0.2) is 11.5 Å². The molecule has 1 aromatic carbocycles. The monoisotopic (exact) mass is 471 g/mol. The van der Waals surface area contributed by atoms with E-state index < -0.39 is 44.8 Å². The van der Waals surface area contributed by atoms with Crippen LogP contribution in [0.4, 0.5) is 10.2 Å². The van der Waals surface area contributed by atoms with Crippen molar-refractivity contribution in [3.63, 3.8) is 0 Å². The molecular weight excluding hydrogens is 452 g/mol. The van der Waals surface area contributed by atoms with Crippen molar-refractivity contribution in [1.29, 1.82) is 0 Å². The maximum Gasteiger partial charge on any atom is 0.469 e. The van der Waals surface area contributed by atoms with E-state index >= 15 is 0 Å². The molecule has 13 nitrogen and oxygen atoms in total. The van der Waals surface area contributed by atoms with Gasteiger partial charge in [-0.1, -0.05) is 6.07 Å². The molecule has 0 bridgehead atoms. The highest BCUT2D eigenvalue weighted by Gasteiger charge is 2.45. The lowest BCUT2D eigenvalue weighted by molar-refractivity contribution is -0.116. The van der Waals surface area contributed by atoms with Crippen molar-refractivity contribution < 1.29 is 43.0 Å². The van der Waals surface area contributed by atoms with Gasteiger partial charge in [0.2, 0.25) is 6.29 Å². The molecule has 0 aliphatic carbocycles. The highest BCUT2D eigenvalue weighted by Crippen LogP contribution is 2.37. The Morgan fingerprint density at radius 2 is 2.03 bits per heavy atom. The number of benzene rings is 1. The molecule has 3 heterocycles. The van der Waals surface area contributed by atoms with Crippen LogP contribution in [0.3, 0.4) is 0 Å². The van der Waals surface area contributed by atoms with Crippen LogP contribution in [0.5, 0.6) is 5.75 Å². The largest absolute Gasteiger partial charge is 0.469 e. The summed E-state index contributed by atoms with van der Waals surface area (Å²) in [4.78, 5) is 32.5. The summed E-state index contributed by atoms with van der Waals surface area (Å²) in [5, 5.41) is 23.0. The third-order valence-corrected chi connectivity index (χ3v) is 5.16. The Morgan fingerprint density at radius 3 is 2.78 bits per heavy atom. The molecule has 1 aliphatic heterocycles. The van der Waals surface area contributed by atoms with Crippen LogP contribution in [0.25, 0.3) is 11.2 Å². The second-order valence-corrected chi connectivity index (χ2v) is 8.10. The summed E-state index contributed by atoms with van der Waals surface area (Å²) in [6, 6.07) is 3.97. The predicted molar refractivity (Wildman–Crippen MR) is 105 cm³/mol. The Kier molecular flexibility index (Phi) is 6.35. The zero-order valence-electron chi connectivity index (χ0n) is 16.2. The summed E-state index contributed by atoms with van der Waals surface area (Å²) in [6.45, 7) is -0.575. The van der Waals surface area contributed by atoms with Crippen LogP contribution in [0.15, 0.2) is 30.9 Å². The summed E-state index contributed by atoms with van der Waals surface area (Å²) in [7, 11) is -4.78. The average Bonchev–Trinajstić information content (AvgIpc) is 3.32. The Hall–Kier alpha value is -2.71. The number of aliphatic hydroxyl groups is 2. The minimum absolute atomic E-state index is 0.0112. The van der Waals surface area contributed by atoms with E-state index in [4.69, 9.17) is 19.3 Å². The lowest BCUT2D eigenvalue weighted by Crippen LogP contribution is -2.35. The molecular formula is C17H19FN5O8P. The van der Waals surface area contributed by atoms with E-state index in [9.17, 15) is 19.2 Å². The molecule has 1 unspecified atom stereocenters. The van der Waals surface area contributed by atoms with Crippen LogP contribution in [0.1, 0.15) is 5.56 Å². The number of nitrogens with one attached hydrogen (secondary N) is 2. The lowest BCUT2D eigenvalue weighted by atomic mass is 10.1. The van der Waals surface area contributed by atoms with Gasteiger partial charge in [0, 0.05) is 18.2 Å². The van der Waals surface area contributed by atoms with Crippen molar-refractivity contribution in [3.8, 4) is 5.75 Å². The first-order valence-electron chi connectivity index (χ1n) is 9.26. The number of hydrogen-bond acceptors (Lipinski definition) is 10. The van der Waals surface area contributed by atoms with Crippen molar-refractivity contribution >= 4 is 24.8 Å². The topological polar surface area (TPSA) is 192 Å². The van der Waals surface area contributed by atoms with Crippen LogP contribution in [0.2, 0.25) is 0 Å². The number of aromatic amines is 1. The van der Waals surface area contributed by atoms with Crippen LogP contribution >= 0.6 is 7.82 Å².